The molecule has 1 unspecified atom stereocenters. The minimum atomic E-state index is -1.67. The molecular weight excluding hydrogens is 227 g/mol. The summed E-state index contributed by atoms with van der Waals surface area (Å²) in [7, 11) is 0. The first-order valence-corrected chi connectivity index (χ1v) is 5.18. The quantitative estimate of drug-likeness (QED) is 0.780. The van der Waals surface area contributed by atoms with E-state index in [-0.39, 0.29) is 12.8 Å². The van der Waals surface area contributed by atoms with E-state index in [0.717, 1.165) is 0 Å². The van der Waals surface area contributed by atoms with Crippen LogP contribution in [0.5, 0.6) is 0 Å². The largest absolute Gasteiger partial charge is 0.480 e. The average Bonchev–Trinajstić information content (AvgIpc) is 2.93. The van der Waals surface area contributed by atoms with Gasteiger partial charge in [0.05, 0.1) is 0 Å². The third kappa shape index (κ3) is 1.88. The van der Waals surface area contributed by atoms with Gasteiger partial charge in [-0.25, -0.2) is 4.39 Å². The molecule has 5 heteroatoms. The van der Waals surface area contributed by atoms with Gasteiger partial charge in [0.25, 0.3) is 0 Å². The Morgan fingerprint density at radius 1 is 1.35 bits per heavy atom. The Hall–Kier alpha value is -1.91. The van der Waals surface area contributed by atoms with Gasteiger partial charge in [-0.3, -0.25) is 9.59 Å². The van der Waals surface area contributed by atoms with Gasteiger partial charge in [0.1, 0.15) is 5.82 Å². The highest BCUT2D eigenvalue weighted by Crippen LogP contribution is 2.54. The van der Waals surface area contributed by atoms with Crippen molar-refractivity contribution in [3.05, 3.63) is 35.6 Å². The summed E-state index contributed by atoms with van der Waals surface area (Å²) in [5.74, 6) is -3.49. The van der Waals surface area contributed by atoms with Crippen LogP contribution in [0.15, 0.2) is 24.3 Å². The fraction of sp³-hybridized carbons (Fsp3) is 0.333. The fourth-order valence-corrected chi connectivity index (χ4v) is 2.14. The van der Waals surface area contributed by atoms with Crippen molar-refractivity contribution >= 4 is 11.9 Å². The Labute approximate surface area is 96.7 Å². The number of carboxylic acid groups (broad SMARTS) is 2. The van der Waals surface area contributed by atoms with Crippen LogP contribution in [0, 0.1) is 17.2 Å². The second-order valence-electron chi connectivity index (χ2n) is 4.32. The molecule has 2 N–H and O–H groups in total. The van der Waals surface area contributed by atoms with Gasteiger partial charge in [-0.2, -0.15) is 0 Å². The van der Waals surface area contributed by atoms with Crippen LogP contribution in [-0.2, 0) is 16.0 Å². The van der Waals surface area contributed by atoms with E-state index in [2.05, 4.69) is 0 Å². The second kappa shape index (κ2) is 3.84. The maximum Gasteiger partial charge on any atom is 0.321 e. The number of hydrogen-bond acceptors (Lipinski definition) is 2. The Morgan fingerprint density at radius 2 is 2.00 bits per heavy atom. The highest BCUT2D eigenvalue weighted by atomic mass is 19.1. The predicted molar refractivity (Wildman–Crippen MR) is 55.9 cm³/mol. The lowest BCUT2D eigenvalue weighted by Gasteiger charge is -2.06. The number of carbonyl (C=O) groups is 2. The molecule has 90 valence electrons. The van der Waals surface area contributed by atoms with E-state index in [1.165, 1.54) is 18.2 Å². The van der Waals surface area contributed by atoms with Crippen molar-refractivity contribution in [2.24, 2.45) is 11.3 Å². The summed E-state index contributed by atoms with van der Waals surface area (Å²) in [5.41, 5.74) is -1.05. The van der Waals surface area contributed by atoms with Crippen molar-refractivity contribution in [1.29, 1.82) is 0 Å². The summed E-state index contributed by atoms with van der Waals surface area (Å²) in [6.07, 6.45) is 0.380. The summed E-state index contributed by atoms with van der Waals surface area (Å²) in [6, 6.07) is 5.77. The first-order valence-electron chi connectivity index (χ1n) is 5.18. The molecule has 1 aromatic rings. The van der Waals surface area contributed by atoms with Crippen LogP contribution in [0.3, 0.4) is 0 Å². The van der Waals surface area contributed by atoms with Gasteiger partial charge in [0.2, 0.25) is 0 Å². The minimum absolute atomic E-state index is 0.105. The van der Waals surface area contributed by atoms with Gasteiger partial charge in [0, 0.05) is 0 Å². The zero-order valence-corrected chi connectivity index (χ0v) is 8.89. The topological polar surface area (TPSA) is 74.6 Å². The number of aliphatic carboxylic acids is 2. The van der Waals surface area contributed by atoms with E-state index >= 15 is 0 Å². The van der Waals surface area contributed by atoms with Crippen LogP contribution in [0.2, 0.25) is 0 Å². The maximum absolute atomic E-state index is 12.9. The van der Waals surface area contributed by atoms with E-state index in [1.54, 1.807) is 6.07 Å². The molecule has 0 amide bonds. The number of carboxylic acids is 2. The number of halogens is 1. The van der Waals surface area contributed by atoms with Crippen molar-refractivity contribution in [1.82, 2.24) is 0 Å². The second-order valence-corrected chi connectivity index (χ2v) is 4.32. The standard InChI is InChI=1S/C12H11FO4/c13-9-3-1-2-7(5-9)4-8-6-12(8,10(14)15)11(16)17/h1-3,5,8H,4,6H2,(H,14,15)(H,16,17). The van der Waals surface area contributed by atoms with Gasteiger partial charge >= 0.3 is 11.9 Å². The maximum atomic E-state index is 12.9. The normalized spacial score (nSPS) is 20.9. The van der Waals surface area contributed by atoms with Crippen LogP contribution >= 0.6 is 0 Å². The van der Waals surface area contributed by atoms with Crippen molar-refractivity contribution in [2.45, 2.75) is 12.8 Å². The van der Waals surface area contributed by atoms with Crippen LogP contribution < -0.4 is 0 Å². The lowest BCUT2D eigenvalue weighted by atomic mass is 9.99. The van der Waals surface area contributed by atoms with Crippen LogP contribution in [0.25, 0.3) is 0 Å². The van der Waals surface area contributed by atoms with E-state index in [1.807, 2.05) is 0 Å². The Bertz CT molecular complexity index is 469. The molecule has 1 saturated carbocycles. The number of rotatable bonds is 4. The molecule has 1 fully saturated rings. The minimum Gasteiger partial charge on any atom is -0.480 e. The van der Waals surface area contributed by atoms with E-state index in [0.29, 0.717) is 5.56 Å². The molecule has 1 atom stereocenters. The smallest absolute Gasteiger partial charge is 0.321 e. The van der Waals surface area contributed by atoms with E-state index < -0.39 is 29.1 Å². The highest BCUT2D eigenvalue weighted by Gasteiger charge is 2.66. The van der Waals surface area contributed by atoms with Crippen molar-refractivity contribution in [2.75, 3.05) is 0 Å². The molecule has 17 heavy (non-hydrogen) atoms. The van der Waals surface area contributed by atoms with E-state index in [9.17, 15) is 14.0 Å². The fourth-order valence-electron chi connectivity index (χ4n) is 2.14. The molecule has 0 bridgehead atoms. The summed E-state index contributed by atoms with van der Waals surface area (Å²) >= 11 is 0. The third-order valence-electron chi connectivity index (χ3n) is 3.24. The zero-order chi connectivity index (χ0) is 12.6. The van der Waals surface area contributed by atoms with Crippen molar-refractivity contribution in [3.63, 3.8) is 0 Å². The van der Waals surface area contributed by atoms with Crippen molar-refractivity contribution < 1.29 is 24.2 Å². The molecule has 4 nitrogen and oxygen atoms in total. The molecule has 0 radical (unpaired) electrons. The van der Waals surface area contributed by atoms with Crippen LogP contribution in [0.1, 0.15) is 12.0 Å². The Balaban J connectivity index is 2.13. The van der Waals surface area contributed by atoms with Gasteiger partial charge in [-0.1, -0.05) is 12.1 Å². The summed E-state index contributed by atoms with van der Waals surface area (Å²) in [6.45, 7) is 0. The highest BCUT2D eigenvalue weighted by molar-refractivity contribution is 6.02. The molecular formula is C12H11FO4. The first-order chi connectivity index (χ1) is 7.96. The number of hydrogen-bond donors (Lipinski definition) is 2. The van der Waals surface area contributed by atoms with Crippen LogP contribution in [0.4, 0.5) is 4.39 Å². The summed E-state index contributed by atoms with van der Waals surface area (Å²) in [5, 5.41) is 17.8. The molecule has 0 saturated heterocycles. The van der Waals surface area contributed by atoms with Gasteiger partial charge in [-0.15, -0.1) is 0 Å². The number of benzene rings is 1. The average molecular weight is 238 g/mol. The van der Waals surface area contributed by atoms with Crippen LogP contribution in [-0.4, -0.2) is 22.2 Å². The summed E-state index contributed by atoms with van der Waals surface area (Å²) in [4.78, 5) is 21.9. The van der Waals surface area contributed by atoms with Gasteiger partial charge < -0.3 is 10.2 Å². The Morgan fingerprint density at radius 3 is 2.47 bits per heavy atom. The zero-order valence-electron chi connectivity index (χ0n) is 8.89. The van der Waals surface area contributed by atoms with Crippen molar-refractivity contribution in [3.8, 4) is 0 Å². The Kier molecular flexibility index (Phi) is 2.61. The lowest BCUT2D eigenvalue weighted by Crippen LogP contribution is -2.27. The lowest BCUT2D eigenvalue weighted by molar-refractivity contribution is -0.157. The molecule has 0 spiro atoms. The third-order valence-corrected chi connectivity index (χ3v) is 3.24. The molecule has 2 rings (SSSR count). The molecule has 1 aliphatic rings. The van der Waals surface area contributed by atoms with Gasteiger partial charge in [0.15, 0.2) is 5.41 Å². The summed E-state index contributed by atoms with van der Waals surface area (Å²) < 4.78 is 12.9. The monoisotopic (exact) mass is 238 g/mol. The predicted octanol–water partition coefficient (Wildman–Crippen LogP) is 1.54. The van der Waals surface area contributed by atoms with E-state index in [4.69, 9.17) is 10.2 Å². The molecule has 1 aromatic carbocycles. The molecule has 1 aliphatic carbocycles. The first kappa shape index (κ1) is 11.6. The van der Waals surface area contributed by atoms with Gasteiger partial charge in [-0.05, 0) is 36.5 Å². The molecule has 0 heterocycles. The molecule has 0 aromatic heterocycles. The molecule has 0 aliphatic heterocycles. The SMILES string of the molecule is O=C(O)C1(C(=O)O)CC1Cc1cccc(F)c1.